The van der Waals surface area contributed by atoms with E-state index in [2.05, 4.69) is 0 Å². The highest BCUT2D eigenvalue weighted by molar-refractivity contribution is 7.90. The minimum Gasteiger partial charge on any atom is -0.398 e. The maximum absolute atomic E-state index is 11.2. The van der Waals surface area contributed by atoms with Crippen LogP contribution in [0.3, 0.4) is 0 Å². The topological polar surface area (TPSA) is 69.4 Å². The largest absolute Gasteiger partial charge is 0.398 e. The average Bonchev–Trinajstić information content (AvgIpc) is 2.14. The quantitative estimate of drug-likeness (QED) is 0.782. The Hall–Kier alpha value is -1.07. The minimum absolute atomic E-state index is 0.0578. The third-order valence-corrected chi connectivity index (χ3v) is 2.99. The fraction of sp³-hybridized carbons (Fsp3) is 0.400. The fourth-order valence-corrected chi connectivity index (χ4v) is 2.23. The van der Waals surface area contributed by atoms with Crippen molar-refractivity contribution in [1.29, 1.82) is 0 Å². The molecule has 0 saturated heterocycles. The number of rotatable bonds is 4. The Morgan fingerprint density at radius 1 is 1.40 bits per heavy atom. The molecule has 0 aliphatic carbocycles. The zero-order chi connectivity index (χ0) is 11.5. The summed E-state index contributed by atoms with van der Waals surface area (Å²) in [6.07, 6.45) is 0.680. The molecular weight excluding hydrogens is 214 g/mol. The van der Waals surface area contributed by atoms with E-state index in [-0.39, 0.29) is 5.75 Å². The van der Waals surface area contributed by atoms with E-state index in [4.69, 9.17) is 10.5 Å². The first-order chi connectivity index (χ1) is 6.94. The lowest BCUT2D eigenvalue weighted by Crippen LogP contribution is -2.16. The molecule has 15 heavy (non-hydrogen) atoms. The summed E-state index contributed by atoms with van der Waals surface area (Å²) in [5.74, 6) is -0.0578. The van der Waals surface area contributed by atoms with Crippen LogP contribution in [-0.2, 0) is 14.6 Å². The number of hydrogen-bond acceptors (Lipinski definition) is 4. The fourth-order valence-electron chi connectivity index (χ4n) is 1.36. The van der Waals surface area contributed by atoms with Crippen LogP contribution in [0, 0.1) is 0 Å². The van der Waals surface area contributed by atoms with E-state index in [0.717, 1.165) is 0 Å². The van der Waals surface area contributed by atoms with E-state index in [1.807, 2.05) is 0 Å². The predicted octanol–water partition coefficient (Wildman–Crippen LogP) is 1.00. The minimum atomic E-state index is -3.08. The summed E-state index contributed by atoms with van der Waals surface area (Å²) in [6, 6.07) is 7.10. The van der Waals surface area contributed by atoms with Crippen molar-refractivity contribution in [3.63, 3.8) is 0 Å². The van der Waals surface area contributed by atoms with Crippen LogP contribution in [0.15, 0.2) is 24.3 Å². The smallest absolute Gasteiger partial charge is 0.150 e. The van der Waals surface area contributed by atoms with E-state index in [1.54, 1.807) is 24.3 Å². The summed E-state index contributed by atoms with van der Waals surface area (Å²) < 4.78 is 27.5. The second kappa shape index (κ2) is 4.63. The molecule has 0 fully saturated rings. The van der Waals surface area contributed by atoms with Gasteiger partial charge in [-0.15, -0.1) is 0 Å². The number of nitrogens with two attached hydrogens (primary N) is 1. The number of anilines is 1. The van der Waals surface area contributed by atoms with Crippen molar-refractivity contribution < 1.29 is 13.2 Å². The number of methoxy groups -OCH3 is 1. The molecule has 0 bridgehead atoms. The Bertz CT molecular complexity index is 428. The molecule has 0 saturated carbocycles. The lowest BCUT2D eigenvalue weighted by atomic mass is 10.1. The molecule has 0 radical (unpaired) electrons. The third kappa shape index (κ3) is 3.53. The molecule has 0 aromatic heterocycles. The van der Waals surface area contributed by atoms with Crippen LogP contribution in [0.1, 0.15) is 11.7 Å². The van der Waals surface area contributed by atoms with E-state index in [0.29, 0.717) is 11.3 Å². The first kappa shape index (κ1) is 12.0. The van der Waals surface area contributed by atoms with Gasteiger partial charge in [-0.2, -0.15) is 0 Å². The highest BCUT2D eigenvalue weighted by Gasteiger charge is 2.18. The molecule has 1 aromatic rings. The van der Waals surface area contributed by atoms with Gasteiger partial charge < -0.3 is 10.5 Å². The molecule has 1 unspecified atom stereocenters. The van der Waals surface area contributed by atoms with Crippen LogP contribution < -0.4 is 5.73 Å². The van der Waals surface area contributed by atoms with Crippen molar-refractivity contribution in [2.75, 3.05) is 24.9 Å². The monoisotopic (exact) mass is 229 g/mol. The van der Waals surface area contributed by atoms with Crippen LogP contribution in [0.4, 0.5) is 5.69 Å². The summed E-state index contributed by atoms with van der Waals surface area (Å²) in [5, 5.41) is 0. The Kier molecular flexibility index (Phi) is 3.71. The Balaban J connectivity index is 2.98. The molecule has 0 aliphatic heterocycles. The van der Waals surface area contributed by atoms with Crippen molar-refractivity contribution >= 4 is 15.5 Å². The van der Waals surface area contributed by atoms with Crippen molar-refractivity contribution in [2.24, 2.45) is 0 Å². The Morgan fingerprint density at radius 3 is 2.47 bits per heavy atom. The summed E-state index contributed by atoms with van der Waals surface area (Å²) in [4.78, 5) is 0. The van der Waals surface area contributed by atoms with Crippen LogP contribution in [0.2, 0.25) is 0 Å². The highest BCUT2D eigenvalue weighted by atomic mass is 32.2. The standard InChI is InChI=1S/C10H15NO3S/c1-14-10(7-15(2,12)13)8-5-3-4-6-9(8)11/h3-6,10H,7,11H2,1-2H3. The number of benzene rings is 1. The lowest BCUT2D eigenvalue weighted by Gasteiger charge is -2.16. The first-order valence-corrected chi connectivity index (χ1v) is 6.55. The van der Waals surface area contributed by atoms with Gasteiger partial charge in [0.1, 0.15) is 9.84 Å². The molecule has 0 heterocycles. The number of para-hydroxylation sites is 1. The summed E-state index contributed by atoms with van der Waals surface area (Å²) in [7, 11) is -1.61. The van der Waals surface area contributed by atoms with Gasteiger partial charge in [0.25, 0.3) is 0 Å². The second-order valence-corrected chi connectivity index (χ2v) is 5.63. The zero-order valence-corrected chi connectivity index (χ0v) is 9.62. The van der Waals surface area contributed by atoms with Crippen molar-refractivity contribution in [1.82, 2.24) is 0 Å². The molecule has 0 amide bonds. The maximum atomic E-state index is 11.2. The van der Waals surface area contributed by atoms with Crippen LogP contribution in [0.25, 0.3) is 0 Å². The normalized spacial score (nSPS) is 13.7. The average molecular weight is 229 g/mol. The molecule has 4 nitrogen and oxygen atoms in total. The van der Waals surface area contributed by atoms with E-state index in [9.17, 15) is 8.42 Å². The van der Waals surface area contributed by atoms with Gasteiger partial charge in [0.2, 0.25) is 0 Å². The van der Waals surface area contributed by atoms with E-state index >= 15 is 0 Å². The van der Waals surface area contributed by atoms with Gasteiger partial charge >= 0.3 is 0 Å². The van der Waals surface area contributed by atoms with Gasteiger partial charge in [-0.25, -0.2) is 8.42 Å². The molecule has 1 atom stereocenters. The zero-order valence-electron chi connectivity index (χ0n) is 8.80. The van der Waals surface area contributed by atoms with Gasteiger partial charge in [-0.05, 0) is 6.07 Å². The lowest BCUT2D eigenvalue weighted by molar-refractivity contribution is 0.122. The number of nitrogen functional groups attached to an aromatic ring is 1. The summed E-state index contributed by atoms with van der Waals surface area (Å²) in [5.41, 5.74) is 7.00. The second-order valence-electron chi connectivity index (χ2n) is 3.45. The van der Waals surface area contributed by atoms with Crippen LogP contribution in [-0.4, -0.2) is 27.5 Å². The van der Waals surface area contributed by atoms with Crippen molar-refractivity contribution in [2.45, 2.75) is 6.10 Å². The van der Waals surface area contributed by atoms with E-state index in [1.165, 1.54) is 13.4 Å². The van der Waals surface area contributed by atoms with Crippen LogP contribution >= 0.6 is 0 Å². The predicted molar refractivity (Wildman–Crippen MR) is 60.3 cm³/mol. The maximum Gasteiger partial charge on any atom is 0.150 e. The van der Waals surface area contributed by atoms with Gasteiger partial charge in [0.05, 0.1) is 11.9 Å². The SMILES string of the molecule is COC(CS(C)(=O)=O)c1ccccc1N. The molecule has 5 heteroatoms. The third-order valence-electron chi connectivity index (χ3n) is 2.08. The van der Waals surface area contributed by atoms with Gasteiger partial charge in [0, 0.05) is 24.6 Å². The molecule has 0 spiro atoms. The summed E-state index contributed by atoms with van der Waals surface area (Å²) in [6.45, 7) is 0. The number of ether oxygens (including phenoxy) is 1. The van der Waals surface area contributed by atoms with Crippen molar-refractivity contribution in [3.8, 4) is 0 Å². The molecular formula is C10H15NO3S. The highest BCUT2D eigenvalue weighted by Crippen LogP contribution is 2.23. The molecule has 1 rings (SSSR count). The van der Waals surface area contributed by atoms with Crippen LogP contribution in [0.5, 0.6) is 0 Å². The molecule has 0 aliphatic rings. The van der Waals surface area contributed by atoms with Gasteiger partial charge in [-0.1, -0.05) is 18.2 Å². The van der Waals surface area contributed by atoms with Crippen molar-refractivity contribution in [3.05, 3.63) is 29.8 Å². The molecule has 84 valence electrons. The van der Waals surface area contributed by atoms with Gasteiger partial charge in [0.15, 0.2) is 0 Å². The molecule has 1 aromatic carbocycles. The summed E-state index contributed by atoms with van der Waals surface area (Å²) >= 11 is 0. The Labute approximate surface area is 90.0 Å². The first-order valence-electron chi connectivity index (χ1n) is 4.49. The van der Waals surface area contributed by atoms with Gasteiger partial charge in [-0.3, -0.25) is 0 Å². The molecule has 2 N–H and O–H groups in total. The Morgan fingerprint density at radius 2 is 2.00 bits per heavy atom. The van der Waals surface area contributed by atoms with E-state index < -0.39 is 15.9 Å². The number of sulfone groups is 1. The number of hydrogen-bond donors (Lipinski definition) is 1.